The number of nitrogens with one attached hydrogen (secondary N) is 2. The van der Waals surface area contributed by atoms with Crippen LogP contribution in [0, 0.1) is 521 Å². The van der Waals surface area contributed by atoms with Crippen molar-refractivity contribution in [3.05, 3.63) is 65.2 Å². The lowest BCUT2D eigenvalue weighted by molar-refractivity contribution is 0.0949. The SMILES string of the molecule is C#CC#CC#CC#CC#CC#CC#CC#CC#CC#CC#CC#CC#CC#CC#CC#CC#CC#CC#CC#CC#CC#CC#CC#CC#CC#CC#CC#CC#CC#CC#CC#CC#CC#CC#CC#CC#CC#CC#CC#CC#CC#CC#C.CCC(C)(C)CCOc1ccc(C(=O)NCCCC(C)(C)C)cc1.CNC(C)(C)CCCC(=O)c1ccc(C(C)(C)C)cc1. The number of Topliss-reactive ketones (excluding diaryl/α,β-unsaturated/α-hetero) is 1. The van der Waals surface area contributed by atoms with E-state index in [1.165, 1.54) is 5.56 Å². The van der Waals surface area contributed by atoms with E-state index in [0.29, 0.717) is 29.4 Å². The number of carbonyl (C=O) groups is 2. The summed E-state index contributed by atoms with van der Waals surface area (Å²) in [6.45, 7) is 25.7. The summed E-state index contributed by atoms with van der Waals surface area (Å²) < 4.78 is 5.78. The first kappa shape index (κ1) is 108. The van der Waals surface area contributed by atoms with Gasteiger partial charge in [0.25, 0.3) is 5.91 Å². The highest BCUT2D eigenvalue weighted by atomic mass is 16.5. The van der Waals surface area contributed by atoms with Crippen LogP contribution in [-0.2, 0) is 5.41 Å². The maximum atomic E-state index is 12.2. The average molecular weight is 1640 g/mol. The molecule has 0 aliphatic heterocycles. The molecule has 0 atom stereocenters. The average Bonchev–Trinajstić information content (AvgIpc) is 0.835. The lowest BCUT2D eigenvalue weighted by Gasteiger charge is -2.23. The van der Waals surface area contributed by atoms with Crippen LogP contribution < -0.4 is 15.4 Å². The van der Waals surface area contributed by atoms with Crippen LogP contribution in [0.4, 0.5) is 0 Å². The van der Waals surface area contributed by atoms with Gasteiger partial charge in [0.15, 0.2) is 5.78 Å². The van der Waals surface area contributed by atoms with Crippen LogP contribution in [0.15, 0.2) is 48.5 Å². The first-order valence-corrected chi connectivity index (χ1v) is 37.9. The fourth-order valence-electron chi connectivity index (χ4n) is 6.94. The highest BCUT2D eigenvalue weighted by Gasteiger charge is 2.18. The van der Waals surface area contributed by atoms with Gasteiger partial charge in [-0.2, -0.15) is 0 Å². The second-order valence-electron chi connectivity index (χ2n) is 26.3. The molecule has 0 aliphatic rings. The monoisotopic (exact) mass is 1640 g/mol. The molecule has 0 fully saturated rings. The van der Waals surface area contributed by atoms with E-state index in [9.17, 15) is 9.59 Å². The quantitative estimate of drug-likeness (QED) is 0.106. The molecular formula is C125H66N2O3. The number of ketones is 1. The Balaban J connectivity index is 0.00000302. The smallest absolute Gasteiger partial charge is 0.251 e. The minimum atomic E-state index is -0.0115. The van der Waals surface area contributed by atoms with Gasteiger partial charge in [-0.1, -0.05) is 93.0 Å². The molecule has 0 bridgehead atoms. The first-order valence-electron chi connectivity index (χ1n) is 37.9. The summed E-state index contributed by atoms with van der Waals surface area (Å²) in [6.07, 6.45) is 16.7. The summed E-state index contributed by atoms with van der Waals surface area (Å²) in [5.74, 6) is 209. The minimum absolute atomic E-state index is 0.0115. The number of amides is 1. The van der Waals surface area contributed by atoms with E-state index in [-0.39, 0.29) is 22.6 Å². The van der Waals surface area contributed by atoms with E-state index in [1.54, 1.807) is 0 Å². The van der Waals surface area contributed by atoms with Crippen LogP contribution in [0.2, 0.25) is 0 Å². The molecule has 2 rings (SSSR count). The third-order valence-corrected chi connectivity index (χ3v) is 13.7. The topological polar surface area (TPSA) is 67.4 Å². The van der Waals surface area contributed by atoms with E-state index >= 15 is 0 Å². The minimum Gasteiger partial charge on any atom is -0.494 e. The summed E-state index contributed by atoms with van der Waals surface area (Å²) >= 11 is 0. The first-order chi connectivity index (χ1) is 63.2. The van der Waals surface area contributed by atoms with Crippen LogP contribution in [-0.4, -0.2) is 37.4 Å². The van der Waals surface area contributed by atoms with Gasteiger partial charge in [0.2, 0.25) is 0 Å². The Morgan fingerprint density at radius 3 is 0.692 bits per heavy atom. The molecule has 5 heteroatoms. The Morgan fingerprint density at radius 1 is 0.285 bits per heavy atom. The Morgan fingerprint density at radius 2 is 0.500 bits per heavy atom. The molecular weight excluding hydrogens is 1580 g/mol. The van der Waals surface area contributed by atoms with Crippen molar-refractivity contribution < 1.29 is 14.3 Å². The number of benzene rings is 2. The van der Waals surface area contributed by atoms with Crippen LogP contribution in [0.5, 0.6) is 5.75 Å². The second-order valence-corrected chi connectivity index (χ2v) is 26.3. The molecule has 5 nitrogen and oxygen atoms in total. The summed E-state index contributed by atoms with van der Waals surface area (Å²) in [4.78, 5) is 24.3. The van der Waals surface area contributed by atoms with Crippen molar-refractivity contribution in [3.63, 3.8) is 0 Å². The predicted octanol–water partition coefficient (Wildman–Crippen LogP) is 10.2. The van der Waals surface area contributed by atoms with E-state index in [0.717, 1.165) is 56.4 Å². The van der Waals surface area contributed by atoms with Crippen LogP contribution in [0.3, 0.4) is 0 Å². The number of rotatable bonds is 15. The number of ether oxygens (including phenoxy) is 1. The zero-order valence-electron chi connectivity index (χ0n) is 73.4. The molecule has 0 aromatic heterocycles. The van der Waals surface area contributed by atoms with Gasteiger partial charge in [0.1, 0.15) is 5.75 Å². The molecule has 0 saturated carbocycles. The molecule has 0 unspecified atom stereocenters. The van der Waals surface area contributed by atoms with Crippen molar-refractivity contribution >= 4 is 11.7 Å². The van der Waals surface area contributed by atoms with Crippen molar-refractivity contribution in [1.82, 2.24) is 10.6 Å². The van der Waals surface area contributed by atoms with Gasteiger partial charge in [0.05, 0.1) is 6.61 Å². The van der Waals surface area contributed by atoms with Crippen molar-refractivity contribution in [1.29, 1.82) is 0 Å². The molecule has 2 N–H and O–H groups in total. The molecule has 0 heterocycles. The Kier molecular flexibility index (Phi) is 65.5. The Labute approximate surface area is 775 Å². The highest BCUT2D eigenvalue weighted by Crippen LogP contribution is 2.26. The normalized spacial score (nSPS) is 6.75. The lowest BCUT2D eigenvalue weighted by atomic mass is 9.86. The van der Waals surface area contributed by atoms with Crippen LogP contribution in [0.25, 0.3) is 0 Å². The van der Waals surface area contributed by atoms with Gasteiger partial charge in [-0.3, -0.25) is 9.59 Å². The van der Waals surface area contributed by atoms with Crippen molar-refractivity contribution in [2.75, 3.05) is 20.2 Å². The predicted molar refractivity (Wildman–Crippen MR) is 525 cm³/mol. The molecule has 594 valence electrons. The zero-order chi connectivity index (χ0) is 95.0. The molecule has 0 saturated heterocycles. The van der Waals surface area contributed by atoms with E-state index in [4.69, 9.17) is 17.6 Å². The van der Waals surface area contributed by atoms with E-state index in [2.05, 4.69) is 596 Å². The van der Waals surface area contributed by atoms with E-state index < -0.39 is 0 Å². The zero-order valence-corrected chi connectivity index (χ0v) is 73.4. The van der Waals surface area contributed by atoms with Crippen molar-refractivity contribution in [2.45, 2.75) is 132 Å². The summed E-state index contributed by atoms with van der Waals surface area (Å²) in [6, 6.07) is 15.5. The standard InChI is InChI=1S/C86H2.C21H35NO2.C18H29NO/c1-3-5-7-9-11-13-15-17-19-21-23-25-27-29-31-33-35-37-39-41-43-45-47-49-51-53-55-57-59-61-63-65-67-69-71-73-75-77-79-81-83-85-86-84-82-80-78-76-74-72-70-68-66-64-62-60-58-56-54-52-50-48-46-44-42-40-38-36-34-32-30-28-26-24-22-20-18-16-14-12-10-8-6-4-2;1-7-21(5,6)14-16-24-18-11-9-17(10-12-18)19(23)22-15-8-13-20(2,3)4;1-17(2,3)15-11-9-14(10-12-15)16(20)8-7-13-18(4,5)19-6/h1-2H;9-12H,7-8,13-16H2,1-6H3,(H,22,23);9-12,19H,7-8,13H2,1-6H3. The van der Waals surface area contributed by atoms with Gasteiger partial charge in [-0.15, -0.1) is 12.8 Å². The number of hydrogen-bond donors (Lipinski definition) is 2. The van der Waals surface area contributed by atoms with E-state index in [1.807, 2.05) is 43.4 Å². The maximum absolute atomic E-state index is 12.2. The van der Waals surface area contributed by atoms with Crippen LogP contribution in [0.1, 0.15) is 147 Å². The third-order valence-electron chi connectivity index (χ3n) is 13.7. The van der Waals surface area contributed by atoms with Gasteiger partial charge in [0, 0.05) is 432 Å². The maximum Gasteiger partial charge on any atom is 0.251 e. The Hall–Kier alpha value is -21.6. The molecule has 0 radical (unpaired) electrons. The number of terminal acetylenes is 2. The molecule has 2 aromatic carbocycles. The third kappa shape index (κ3) is 77.6. The lowest BCUT2D eigenvalue weighted by Crippen LogP contribution is -2.35. The second kappa shape index (κ2) is 78.6. The summed E-state index contributed by atoms with van der Waals surface area (Å²) in [5, 5.41) is 6.25. The molecule has 0 aliphatic carbocycles. The van der Waals surface area contributed by atoms with Gasteiger partial charge < -0.3 is 15.4 Å². The highest BCUT2D eigenvalue weighted by molar-refractivity contribution is 5.96. The molecule has 0 spiro atoms. The molecule has 2 aromatic rings. The van der Waals surface area contributed by atoms with Crippen molar-refractivity contribution in [2.24, 2.45) is 10.8 Å². The number of hydrogen-bond acceptors (Lipinski definition) is 4. The Bertz CT molecular complexity index is 7350. The van der Waals surface area contributed by atoms with Gasteiger partial charge in [-0.05, 0) is 194 Å². The summed E-state index contributed by atoms with van der Waals surface area (Å²) in [5.41, 5.74) is 3.66. The largest absolute Gasteiger partial charge is 0.494 e. The van der Waals surface area contributed by atoms with Crippen molar-refractivity contribution in [3.8, 4) is 516 Å². The number of carbonyl (C=O) groups excluding carboxylic acids is 2. The van der Waals surface area contributed by atoms with Gasteiger partial charge >= 0.3 is 0 Å². The molecule has 130 heavy (non-hydrogen) atoms. The fourth-order valence-corrected chi connectivity index (χ4v) is 6.94. The molecule has 1 amide bonds. The summed E-state index contributed by atoms with van der Waals surface area (Å²) in [7, 11) is 1.97. The van der Waals surface area contributed by atoms with Crippen LogP contribution >= 0.6 is 0 Å². The van der Waals surface area contributed by atoms with Gasteiger partial charge in [-0.25, -0.2) is 0 Å². The fraction of sp³-hybridized carbons (Fsp3) is 0.200.